The van der Waals surface area contributed by atoms with Gasteiger partial charge < -0.3 is 18.9 Å². The number of quaternary nitrogens is 1. The second-order valence-corrected chi connectivity index (χ2v) is 28.1. The summed E-state index contributed by atoms with van der Waals surface area (Å²) in [5, 5.41) is 0. The molecule has 0 aromatic carbocycles. The fourth-order valence-corrected chi connectivity index (χ4v) is 10.8. The van der Waals surface area contributed by atoms with Gasteiger partial charge in [-0.3, -0.25) is 18.6 Å². The highest BCUT2D eigenvalue weighted by molar-refractivity contribution is 7.47. The topological polar surface area (TPSA) is 108 Å². The van der Waals surface area contributed by atoms with Crippen molar-refractivity contribution >= 4 is 19.8 Å². The first-order valence-corrected chi connectivity index (χ1v) is 41.0. The summed E-state index contributed by atoms with van der Waals surface area (Å²) in [5.41, 5.74) is 0. The molecule has 0 aliphatic heterocycles. The molecule has 562 valence electrons. The SMILES string of the molecule is CC/C=C\C/C=C\C/C=C\C/C=C\C/C=C\C/C=C\C/C=C\C/C=C\C/C=C\CCCCCCCCCCCCCC(=O)OC(COC(=O)CCCCCCCCCCC/C=C\C/C=C\C/C=C\C/C=C\C/C=C\C/C=C\C/C=C\C/C=C\C/C=C\CC)COP(=O)(O)OCC[N+](C)(C)C. The highest BCUT2D eigenvalue weighted by atomic mass is 31.2. The van der Waals surface area contributed by atoms with E-state index in [0.717, 1.165) is 173 Å². The van der Waals surface area contributed by atoms with Crippen molar-refractivity contribution in [3.8, 4) is 0 Å². The molecule has 0 aliphatic rings. The highest BCUT2D eigenvalue weighted by Crippen LogP contribution is 2.43. The zero-order valence-electron chi connectivity index (χ0n) is 64.1. The minimum absolute atomic E-state index is 0.0195. The van der Waals surface area contributed by atoms with Gasteiger partial charge >= 0.3 is 19.8 Å². The molecule has 0 fully saturated rings. The molecule has 2 atom stereocenters. The number of carbonyl (C=O) groups excluding carboxylic acids is 2. The zero-order chi connectivity index (χ0) is 72.5. The summed E-state index contributed by atoms with van der Waals surface area (Å²) >= 11 is 0. The molecular formula is C90H145NO8P+. The lowest BCUT2D eigenvalue weighted by Gasteiger charge is -2.24. The molecule has 2 unspecified atom stereocenters. The van der Waals surface area contributed by atoms with Gasteiger partial charge in [-0.1, -0.05) is 335 Å². The third-order valence-electron chi connectivity index (χ3n) is 16.0. The summed E-state index contributed by atoms with van der Waals surface area (Å²) < 4.78 is 34.8. The molecule has 0 heterocycles. The van der Waals surface area contributed by atoms with Gasteiger partial charge in [0.1, 0.15) is 19.8 Å². The van der Waals surface area contributed by atoms with Crippen LogP contribution in [0.5, 0.6) is 0 Å². The van der Waals surface area contributed by atoms with Crippen molar-refractivity contribution < 1.29 is 42.1 Å². The number of ether oxygens (including phenoxy) is 2. The van der Waals surface area contributed by atoms with E-state index < -0.39 is 26.5 Å². The summed E-state index contributed by atoms with van der Waals surface area (Å²) in [4.78, 5) is 36.0. The Kier molecular flexibility index (Phi) is 73.1. The van der Waals surface area contributed by atoms with Crippen LogP contribution in [0.4, 0.5) is 0 Å². The van der Waals surface area contributed by atoms with Gasteiger partial charge in [-0.2, -0.15) is 0 Å². The monoisotopic (exact) mass is 1400 g/mol. The number of allylic oxidation sites excluding steroid dienone is 36. The molecule has 0 aromatic rings. The molecule has 0 saturated heterocycles. The van der Waals surface area contributed by atoms with E-state index in [-0.39, 0.29) is 32.0 Å². The Morgan fingerprint density at radius 1 is 0.310 bits per heavy atom. The third-order valence-corrected chi connectivity index (χ3v) is 17.0. The van der Waals surface area contributed by atoms with Gasteiger partial charge in [-0.25, -0.2) is 4.57 Å². The number of likely N-dealkylation sites (N-methyl/N-ethyl adjacent to an activating group) is 1. The zero-order valence-corrected chi connectivity index (χ0v) is 65.0. The summed E-state index contributed by atoms with van der Waals surface area (Å²) in [6.45, 7) is 4.18. The summed E-state index contributed by atoms with van der Waals surface area (Å²) in [7, 11) is 1.45. The van der Waals surface area contributed by atoms with Crippen LogP contribution in [-0.4, -0.2) is 74.9 Å². The number of carbonyl (C=O) groups is 2. The number of rotatable bonds is 70. The normalized spacial score (nSPS) is 14.3. The first-order chi connectivity index (χ1) is 49.0. The number of phosphoric acid groups is 1. The number of hydrogen-bond acceptors (Lipinski definition) is 7. The largest absolute Gasteiger partial charge is 0.472 e. The molecule has 0 bridgehead atoms. The van der Waals surface area contributed by atoms with Gasteiger partial charge in [0.25, 0.3) is 0 Å². The van der Waals surface area contributed by atoms with E-state index in [1.807, 2.05) is 21.1 Å². The van der Waals surface area contributed by atoms with Crippen molar-refractivity contribution in [3.05, 3.63) is 219 Å². The maximum atomic E-state index is 12.9. The van der Waals surface area contributed by atoms with Gasteiger partial charge in [0.2, 0.25) is 0 Å². The average Bonchev–Trinajstić information content (AvgIpc) is 1.07. The van der Waals surface area contributed by atoms with Crippen LogP contribution >= 0.6 is 7.82 Å². The highest BCUT2D eigenvalue weighted by Gasteiger charge is 2.27. The molecule has 10 heteroatoms. The molecule has 0 aromatic heterocycles. The minimum atomic E-state index is -4.41. The molecule has 0 radical (unpaired) electrons. The van der Waals surface area contributed by atoms with Crippen molar-refractivity contribution in [2.75, 3.05) is 47.5 Å². The van der Waals surface area contributed by atoms with Crippen molar-refractivity contribution in [1.82, 2.24) is 0 Å². The van der Waals surface area contributed by atoms with Crippen LogP contribution in [0.25, 0.3) is 0 Å². The Labute approximate surface area is 614 Å². The van der Waals surface area contributed by atoms with E-state index in [1.54, 1.807) is 0 Å². The van der Waals surface area contributed by atoms with Crippen LogP contribution in [0.1, 0.15) is 284 Å². The molecule has 100 heavy (non-hydrogen) atoms. The molecule has 0 saturated carbocycles. The number of esters is 2. The van der Waals surface area contributed by atoms with Gasteiger partial charge in [0, 0.05) is 12.8 Å². The van der Waals surface area contributed by atoms with Crippen LogP contribution in [0.2, 0.25) is 0 Å². The van der Waals surface area contributed by atoms with Crippen LogP contribution in [0, 0.1) is 0 Å². The Balaban J connectivity index is 4.11. The standard InChI is InChI=1S/C90H144NO8P/c1-6-8-10-12-14-16-18-20-22-24-26-28-30-32-34-36-38-40-42-44-45-47-49-51-53-55-57-59-61-63-65-67-69-71-73-75-77-79-81-83-90(93)99-88(87-98-100(94,95)97-85-84-91(3,4)5)86-96-89(92)82-80-78-76-74-72-70-68-66-64-62-60-58-56-54-52-50-48-46-43-41-39-37-35-33-31-29-27-25-23-21-19-17-15-13-11-9-7-2/h8-11,14-17,20-23,26-29,32-35,38-41,44-46,48-49,51-52,54-55,57-58,60,88H,6-7,12-13,18-19,24-25,30-31,36-37,42-43,47,50,53,56,59,61-87H2,1-5H3/p+1/b10-8-,11-9-,16-14-,17-15-,22-20-,23-21-,28-26-,29-27-,34-32-,35-33-,40-38-,41-39-,45-44-,48-46-,51-49-,54-52-,57-55-,60-58-. The molecule has 0 rings (SSSR count). The Morgan fingerprint density at radius 3 is 0.800 bits per heavy atom. The number of phosphoric ester groups is 1. The van der Waals surface area contributed by atoms with Crippen LogP contribution in [0.15, 0.2) is 219 Å². The smallest absolute Gasteiger partial charge is 0.462 e. The van der Waals surface area contributed by atoms with Gasteiger partial charge in [-0.05, 0) is 154 Å². The lowest BCUT2D eigenvalue weighted by molar-refractivity contribution is -0.870. The molecule has 1 N–H and O–H groups in total. The van der Waals surface area contributed by atoms with Crippen LogP contribution in [0.3, 0.4) is 0 Å². The first-order valence-electron chi connectivity index (χ1n) is 39.5. The Bertz CT molecular complexity index is 2500. The van der Waals surface area contributed by atoms with Crippen LogP contribution < -0.4 is 0 Å². The van der Waals surface area contributed by atoms with Crippen molar-refractivity contribution in [1.29, 1.82) is 0 Å². The fourth-order valence-electron chi connectivity index (χ4n) is 10.1. The lowest BCUT2D eigenvalue weighted by Crippen LogP contribution is -2.37. The fraction of sp³-hybridized carbons (Fsp3) is 0.578. The van der Waals surface area contributed by atoms with E-state index >= 15 is 0 Å². The molecular weight excluding hydrogens is 1250 g/mol. The molecule has 0 aliphatic carbocycles. The van der Waals surface area contributed by atoms with E-state index in [2.05, 4.69) is 233 Å². The molecule has 0 amide bonds. The van der Waals surface area contributed by atoms with E-state index in [1.165, 1.54) is 77.0 Å². The van der Waals surface area contributed by atoms with Gasteiger partial charge in [0.15, 0.2) is 6.10 Å². The quantitative estimate of drug-likeness (QED) is 0.0211. The third kappa shape index (κ3) is 81.3. The van der Waals surface area contributed by atoms with E-state index in [4.69, 9.17) is 18.5 Å². The maximum absolute atomic E-state index is 12.9. The maximum Gasteiger partial charge on any atom is 0.472 e. The number of nitrogens with zero attached hydrogens (tertiary/aromatic N) is 1. The van der Waals surface area contributed by atoms with Gasteiger partial charge in [0.05, 0.1) is 27.7 Å². The van der Waals surface area contributed by atoms with Crippen molar-refractivity contribution in [3.63, 3.8) is 0 Å². The Morgan fingerprint density at radius 2 is 0.540 bits per heavy atom. The van der Waals surface area contributed by atoms with Crippen molar-refractivity contribution in [2.24, 2.45) is 0 Å². The van der Waals surface area contributed by atoms with E-state index in [9.17, 15) is 19.0 Å². The molecule has 0 spiro atoms. The number of hydrogen-bond donors (Lipinski definition) is 1. The summed E-state index contributed by atoms with van der Waals surface area (Å²) in [5.74, 6) is -0.819. The predicted molar refractivity (Wildman–Crippen MR) is 435 cm³/mol. The predicted octanol–water partition coefficient (Wildman–Crippen LogP) is 26.7. The second kappa shape index (κ2) is 77.5. The van der Waals surface area contributed by atoms with E-state index in [0.29, 0.717) is 17.4 Å². The summed E-state index contributed by atoms with van der Waals surface area (Å²) in [6.07, 6.45) is 123. The minimum Gasteiger partial charge on any atom is -0.462 e. The average molecular weight is 1400 g/mol. The first kappa shape index (κ1) is 94.3. The Hall–Kier alpha value is -5.67. The van der Waals surface area contributed by atoms with Crippen LogP contribution in [-0.2, 0) is 32.7 Å². The van der Waals surface area contributed by atoms with Crippen molar-refractivity contribution in [2.45, 2.75) is 290 Å². The summed E-state index contributed by atoms with van der Waals surface area (Å²) in [6, 6.07) is 0. The molecule has 9 nitrogen and oxygen atoms in total. The second-order valence-electron chi connectivity index (χ2n) is 26.6. The van der Waals surface area contributed by atoms with Gasteiger partial charge in [-0.15, -0.1) is 0 Å². The lowest BCUT2D eigenvalue weighted by atomic mass is 10.0. The number of unbranched alkanes of at least 4 members (excludes halogenated alkanes) is 20.